The Labute approximate surface area is 153 Å². The van der Waals surface area contributed by atoms with E-state index in [-0.39, 0.29) is 18.3 Å². The average Bonchev–Trinajstić information content (AvgIpc) is 2.96. The summed E-state index contributed by atoms with van der Waals surface area (Å²) < 4.78 is 1.70. The van der Waals surface area contributed by atoms with Gasteiger partial charge in [0.05, 0.1) is 11.4 Å². The van der Waals surface area contributed by atoms with Gasteiger partial charge in [0, 0.05) is 25.2 Å². The molecule has 0 radical (unpaired) electrons. The first-order valence-electron chi connectivity index (χ1n) is 7.69. The van der Waals surface area contributed by atoms with Gasteiger partial charge < -0.3 is 10.2 Å². The van der Waals surface area contributed by atoms with E-state index in [1.807, 2.05) is 25.2 Å². The van der Waals surface area contributed by atoms with Crippen molar-refractivity contribution in [3.8, 4) is 5.69 Å². The third-order valence-corrected chi connectivity index (χ3v) is 3.78. The summed E-state index contributed by atoms with van der Waals surface area (Å²) in [7, 11) is 3.63. The number of halogens is 2. The number of carbonyl (C=O) groups excluding carboxylic acids is 1. The van der Waals surface area contributed by atoms with Gasteiger partial charge in [-0.1, -0.05) is 36.2 Å². The Morgan fingerprint density at radius 2 is 2.17 bits per heavy atom. The van der Waals surface area contributed by atoms with Crippen molar-refractivity contribution in [2.45, 2.75) is 19.8 Å². The van der Waals surface area contributed by atoms with Crippen LogP contribution in [0.2, 0.25) is 5.02 Å². The van der Waals surface area contributed by atoms with Crippen LogP contribution in [0, 0.1) is 0 Å². The van der Waals surface area contributed by atoms with Gasteiger partial charge in [-0.25, -0.2) is 4.68 Å². The van der Waals surface area contributed by atoms with Gasteiger partial charge in [-0.05, 0) is 31.7 Å². The zero-order valence-corrected chi connectivity index (χ0v) is 15.7. The van der Waals surface area contributed by atoms with Gasteiger partial charge in [0.2, 0.25) is 0 Å². The molecule has 0 saturated carbocycles. The van der Waals surface area contributed by atoms with Crippen molar-refractivity contribution in [3.63, 3.8) is 0 Å². The Kier molecular flexibility index (Phi) is 8.18. The van der Waals surface area contributed by atoms with Crippen LogP contribution in [0.25, 0.3) is 5.69 Å². The molecular formula is C16H23Cl2N5O. The minimum Gasteiger partial charge on any atom is -0.339 e. The standard InChI is InChI=1S/C16H22ClN5O.ClH/c1-4-6-14-15(16(23)21(3)10-9-18-2)19-20-22(14)13-8-5-7-12(17)11-13;/h5,7-8,11,18H,4,6,9-10H2,1-3H3;1H. The Morgan fingerprint density at radius 3 is 2.79 bits per heavy atom. The molecular weight excluding hydrogens is 349 g/mol. The van der Waals surface area contributed by atoms with Gasteiger partial charge >= 0.3 is 0 Å². The van der Waals surface area contributed by atoms with Crippen molar-refractivity contribution >= 4 is 29.9 Å². The Hall–Kier alpha value is -1.63. The van der Waals surface area contributed by atoms with E-state index in [1.54, 1.807) is 22.7 Å². The maximum atomic E-state index is 12.6. The summed E-state index contributed by atoms with van der Waals surface area (Å²) in [5.41, 5.74) is 2.03. The topological polar surface area (TPSA) is 63.1 Å². The van der Waals surface area contributed by atoms with Crippen LogP contribution >= 0.6 is 24.0 Å². The van der Waals surface area contributed by atoms with Crippen molar-refractivity contribution in [1.29, 1.82) is 0 Å². The number of nitrogens with zero attached hydrogens (tertiary/aromatic N) is 4. The van der Waals surface area contributed by atoms with Crippen molar-refractivity contribution < 1.29 is 4.79 Å². The molecule has 1 heterocycles. The average molecular weight is 372 g/mol. The van der Waals surface area contributed by atoms with Gasteiger partial charge in [-0.2, -0.15) is 0 Å². The number of carbonyl (C=O) groups is 1. The molecule has 24 heavy (non-hydrogen) atoms. The Balaban J connectivity index is 0.00000288. The summed E-state index contributed by atoms with van der Waals surface area (Å²) in [5, 5.41) is 12.0. The van der Waals surface area contributed by atoms with Crippen LogP contribution in [0.5, 0.6) is 0 Å². The molecule has 1 N–H and O–H groups in total. The molecule has 0 atom stereocenters. The van der Waals surface area contributed by atoms with E-state index < -0.39 is 0 Å². The molecule has 0 bridgehead atoms. The van der Waals surface area contributed by atoms with Crippen LogP contribution in [0.4, 0.5) is 0 Å². The molecule has 0 saturated heterocycles. The van der Waals surface area contributed by atoms with Gasteiger partial charge in [0.25, 0.3) is 5.91 Å². The zero-order chi connectivity index (χ0) is 16.8. The highest BCUT2D eigenvalue weighted by Gasteiger charge is 2.22. The molecule has 2 aromatic rings. The molecule has 132 valence electrons. The highest BCUT2D eigenvalue weighted by atomic mass is 35.5. The maximum absolute atomic E-state index is 12.6. The third-order valence-electron chi connectivity index (χ3n) is 3.55. The Morgan fingerprint density at radius 1 is 1.42 bits per heavy atom. The Bertz CT molecular complexity index is 674. The molecule has 1 aromatic heterocycles. The summed E-state index contributed by atoms with van der Waals surface area (Å²) in [5.74, 6) is -0.114. The molecule has 8 heteroatoms. The fraction of sp³-hybridized carbons (Fsp3) is 0.438. The van der Waals surface area contributed by atoms with E-state index in [0.29, 0.717) is 17.3 Å². The molecule has 2 rings (SSSR count). The number of hydrogen-bond donors (Lipinski definition) is 1. The van der Waals surface area contributed by atoms with E-state index in [1.165, 1.54) is 0 Å². The first kappa shape index (κ1) is 20.4. The number of amides is 1. The number of hydrogen-bond acceptors (Lipinski definition) is 4. The quantitative estimate of drug-likeness (QED) is 0.812. The SMILES string of the molecule is CCCc1c(C(=O)N(C)CCNC)nnn1-c1cccc(Cl)c1.Cl. The first-order valence-corrected chi connectivity index (χ1v) is 8.06. The summed E-state index contributed by atoms with van der Waals surface area (Å²) >= 11 is 6.06. The fourth-order valence-electron chi connectivity index (χ4n) is 2.31. The molecule has 0 aliphatic rings. The summed E-state index contributed by atoms with van der Waals surface area (Å²) in [6, 6.07) is 7.38. The minimum absolute atomic E-state index is 0. The fourth-order valence-corrected chi connectivity index (χ4v) is 2.49. The first-order chi connectivity index (χ1) is 11.1. The summed E-state index contributed by atoms with van der Waals surface area (Å²) in [4.78, 5) is 14.3. The van der Waals surface area contributed by atoms with Crippen LogP contribution in [0.15, 0.2) is 24.3 Å². The van der Waals surface area contributed by atoms with Crippen molar-refractivity contribution in [3.05, 3.63) is 40.7 Å². The maximum Gasteiger partial charge on any atom is 0.276 e. The van der Waals surface area contributed by atoms with E-state index in [4.69, 9.17) is 11.6 Å². The second-order valence-electron chi connectivity index (χ2n) is 5.36. The highest BCUT2D eigenvalue weighted by molar-refractivity contribution is 6.30. The number of aromatic nitrogens is 3. The van der Waals surface area contributed by atoms with Crippen molar-refractivity contribution in [2.75, 3.05) is 27.2 Å². The monoisotopic (exact) mass is 371 g/mol. The highest BCUT2D eigenvalue weighted by Crippen LogP contribution is 2.19. The van der Waals surface area contributed by atoms with Gasteiger partial charge in [-0.15, -0.1) is 17.5 Å². The van der Waals surface area contributed by atoms with E-state index in [2.05, 4.69) is 22.6 Å². The van der Waals surface area contributed by atoms with Crippen molar-refractivity contribution in [1.82, 2.24) is 25.2 Å². The van der Waals surface area contributed by atoms with Crippen molar-refractivity contribution in [2.24, 2.45) is 0 Å². The van der Waals surface area contributed by atoms with Crippen LogP contribution in [0.1, 0.15) is 29.5 Å². The molecule has 0 aliphatic carbocycles. The summed E-state index contributed by atoms with van der Waals surface area (Å²) in [6.45, 7) is 3.41. The molecule has 0 fully saturated rings. The molecule has 1 aromatic carbocycles. The van der Waals surface area contributed by atoms with E-state index in [0.717, 1.165) is 30.8 Å². The second-order valence-corrected chi connectivity index (χ2v) is 5.79. The van der Waals surface area contributed by atoms with Crippen LogP contribution in [-0.4, -0.2) is 53.0 Å². The number of benzene rings is 1. The van der Waals surface area contributed by atoms with Gasteiger partial charge in [0.15, 0.2) is 5.69 Å². The zero-order valence-electron chi connectivity index (χ0n) is 14.1. The lowest BCUT2D eigenvalue weighted by molar-refractivity contribution is 0.0790. The second kappa shape index (κ2) is 9.61. The van der Waals surface area contributed by atoms with Crippen LogP contribution < -0.4 is 5.32 Å². The largest absolute Gasteiger partial charge is 0.339 e. The molecule has 6 nitrogen and oxygen atoms in total. The summed E-state index contributed by atoms with van der Waals surface area (Å²) in [6.07, 6.45) is 1.62. The van der Waals surface area contributed by atoms with Gasteiger partial charge in [0.1, 0.15) is 0 Å². The lowest BCUT2D eigenvalue weighted by atomic mass is 10.2. The molecule has 0 spiro atoms. The third kappa shape index (κ3) is 4.69. The smallest absolute Gasteiger partial charge is 0.276 e. The number of likely N-dealkylation sites (N-methyl/N-ethyl adjacent to an activating group) is 2. The molecule has 0 aliphatic heterocycles. The van der Waals surface area contributed by atoms with Gasteiger partial charge in [-0.3, -0.25) is 4.79 Å². The van der Waals surface area contributed by atoms with Crippen LogP contribution in [0.3, 0.4) is 0 Å². The predicted molar refractivity (Wildman–Crippen MR) is 98.5 cm³/mol. The predicted octanol–water partition coefficient (Wildman–Crippen LogP) is 2.59. The normalized spacial score (nSPS) is 10.3. The molecule has 0 unspecified atom stereocenters. The number of nitrogens with one attached hydrogen (secondary N) is 1. The lowest BCUT2D eigenvalue weighted by Crippen LogP contribution is -2.33. The molecule has 1 amide bonds. The number of rotatable bonds is 7. The van der Waals surface area contributed by atoms with E-state index in [9.17, 15) is 4.79 Å². The van der Waals surface area contributed by atoms with E-state index >= 15 is 0 Å². The minimum atomic E-state index is -0.114. The lowest BCUT2D eigenvalue weighted by Gasteiger charge is -2.16. The van der Waals surface area contributed by atoms with Crippen LogP contribution in [-0.2, 0) is 6.42 Å².